The number of aliphatic imine (C=N–C) groups is 1. The van der Waals surface area contributed by atoms with Crippen molar-refractivity contribution in [1.82, 2.24) is 20.1 Å². The molecule has 0 radical (unpaired) electrons. The number of amides is 2. The van der Waals surface area contributed by atoms with Crippen LogP contribution < -0.4 is 15.0 Å². The fraction of sp³-hybridized carbons (Fsp3) is 0.250. The maximum atomic E-state index is 12.8. The van der Waals surface area contributed by atoms with E-state index in [1.807, 2.05) is 43.3 Å². The minimum absolute atomic E-state index is 0.313. The van der Waals surface area contributed by atoms with Crippen LogP contribution in [0.4, 0.5) is 23.7 Å². The number of nitrogens with zero attached hydrogens (tertiary/aromatic N) is 5. The quantitative estimate of drug-likeness (QED) is 0.225. The summed E-state index contributed by atoms with van der Waals surface area (Å²) < 4.78 is 42.6. The number of urea groups is 1. The van der Waals surface area contributed by atoms with Gasteiger partial charge in [-0.2, -0.15) is 4.99 Å². The van der Waals surface area contributed by atoms with Crippen LogP contribution >= 0.6 is 11.8 Å². The van der Waals surface area contributed by atoms with Crippen molar-refractivity contribution in [3.63, 3.8) is 0 Å². The van der Waals surface area contributed by atoms with E-state index in [1.54, 1.807) is 18.0 Å². The zero-order chi connectivity index (χ0) is 31.3. The van der Waals surface area contributed by atoms with E-state index >= 15 is 0 Å². The lowest BCUT2D eigenvalue weighted by Gasteiger charge is -2.31. The van der Waals surface area contributed by atoms with Crippen LogP contribution in [0.25, 0.3) is 22.6 Å². The number of ether oxygens (including phenoxy) is 1. The van der Waals surface area contributed by atoms with Crippen molar-refractivity contribution in [2.45, 2.75) is 39.5 Å². The molecule has 0 saturated carbocycles. The predicted octanol–water partition coefficient (Wildman–Crippen LogP) is 8.03. The van der Waals surface area contributed by atoms with Crippen LogP contribution in [-0.2, 0) is 0 Å². The van der Waals surface area contributed by atoms with Gasteiger partial charge in [0.15, 0.2) is 11.0 Å². The number of benzene rings is 3. The zero-order valence-electron chi connectivity index (χ0n) is 24.4. The molecule has 0 unspecified atom stereocenters. The number of allylic oxidation sites excluding steroid dienone is 1. The largest absolute Gasteiger partial charge is 0.573 e. The number of carbonyl (C=O) groups excluding carboxylic acids is 1. The fourth-order valence-electron chi connectivity index (χ4n) is 4.67. The lowest BCUT2D eigenvalue weighted by atomic mass is 10.0. The normalized spacial score (nSPS) is 15.1. The molecule has 4 aromatic rings. The molecule has 3 aromatic carbocycles. The Labute approximate surface area is 257 Å². The molecule has 1 N–H and O–H groups in total. The van der Waals surface area contributed by atoms with Crippen molar-refractivity contribution in [2.75, 3.05) is 17.2 Å². The molecule has 0 spiro atoms. The molecular formula is C32H31F3N6O2S. The Balaban J connectivity index is 1.23. The summed E-state index contributed by atoms with van der Waals surface area (Å²) in [6.07, 6.45) is -0.618. The number of amidine groups is 1. The number of alkyl halides is 3. The number of rotatable bonds is 7. The van der Waals surface area contributed by atoms with E-state index in [0.29, 0.717) is 22.6 Å². The Morgan fingerprint density at radius 3 is 2.50 bits per heavy atom. The molecule has 0 atom stereocenters. The number of aromatic nitrogens is 3. The Morgan fingerprint density at radius 2 is 1.80 bits per heavy atom. The number of anilines is 1. The van der Waals surface area contributed by atoms with Gasteiger partial charge in [0.25, 0.3) is 0 Å². The number of para-hydroxylation sites is 1. The molecule has 1 fully saturated rings. The van der Waals surface area contributed by atoms with Crippen molar-refractivity contribution in [3.8, 4) is 22.8 Å². The van der Waals surface area contributed by atoms with Crippen LogP contribution in [0, 0.1) is 0 Å². The van der Waals surface area contributed by atoms with E-state index in [2.05, 4.69) is 56.0 Å². The summed E-state index contributed by atoms with van der Waals surface area (Å²) in [5.41, 5.74) is 5.32. The molecule has 1 aliphatic rings. The molecule has 2 amide bonds. The van der Waals surface area contributed by atoms with Crippen LogP contribution in [0.1, 0.15) is 44.2 Å². The predicted molar refractivity (Wildman–Crippen MR) is 168 cm³/mol. The van der Waals surface area contributed by atoms with Gasteiger partial charge >= 0.3 is 12.4 Å². The van der Waals surface area contributed by atoms with E-state index in [-0.39, 0.29) is 5.75 Å². The van der Waals surface area contributed by atoms with E-state index in [1.165, 1.54) is 40.8 Å². The number of hydrogen-bond donors (Lipinski definition) is 1. The van der Waals surface area contributed by atoms with Gasteiger partial charge in [-0.3, -0.25) is 0 Å². The van der Waals surface area contributed by atoms with Gasteiger partial charge < -0.3 is 15.0 Å². The number of thioether (sulfide) groups is 1. The summed E-state index contributed by atoms with van der Waals surface area (Å²) >= 11 is 1.58. The zero-order valence-corrected chi connectivity index (χ0v) is 25.2. The molecule has 8 nitrogen and oxygen atoms in total. The Hall–Kier alpha value is -4.58. The molecule has 0 aliphatic carbocycles. The topological polar surface area (TPSA) is 84.6 Å². The number of hydrogen-bond acceptors (Lipinski definition) is 5. The summed E-state index contributed by atoms with van der Waals surface area (Å²) in [4.78, 5) is 23.7. The molecule has 2 heterocycles. The SMILES string of the molecule is C/C(=C\NC(=O)/N=C1\SCCCN1c1ccccc1C(C)C)c1ccc(-c2ncn(-c3ccc(OC(F)(F)F)cc3)n2)cc1. The van der Waals surface area contributed by atoms with E-state index < -0.39 is 12.4 Å². The first-order valence-electron chi connectivity index (χ1n) is 14.0. The Morgan fingerprint density at radius 1 is 1.07 bits per heavy atom. The molecule has 44 heavy (non-hydrogen) atoms. The highest BCUT2D eigenvalue weighted by Crippen LogP contribution is 2.32. The van der Waals surface area contributed by atoms with Crippen molar-refractivity contribution in [1.29, 1.82) is 0 Å². The minimum Gasteiger partial charge on any atom is -0.406 e. The van der Waals surface area contributed by atoms with Gasteiger partial charge in [-0.15, -0.1) is 18.3 Å². The van der Waals surface area contributed by atoms with Crippen molar-refractivity contribution >= 4 is 34.2 Å². The van der Waals surface area contributed by atoms with Gasteiger partial charge in [-0.25, -0.2) is 14.5 Å². The molecule has 1 aliphatic heterocycles. The second kappa shape index (κ2) is 13.4. The highest BCUT2D eigenvalue weighted by atomic mass is 32.2. The van der Waals surface area contributed by atoms with Crippen LogP contribution in [0.3, 0.4) is 0 Å². The fourth-order valence-corrected chi connectivity index (χ4v) is 5.62. The molecule has 1 aromatic heterocycles. The highest BCUT2D eigenvalue weighted by Gasteiger charge is 2.31. The minimum atomic E-state index is -4.75. The summed E-state index contributed by atoms with van der Waals surface area (Å²) in [6, 6.07) is 20.7. The molecule has 228 valence electrons. The number of halogens is 3. The van der Waals surface area contributed by atoms with Crippen LogP contribution in [0.2, 0.25) is 0 Å². The molecule has 5 rings (SSSR count). The number of nitrogens with one attached hydrogen (secondary N) is 1. The average Bonchev–Trinajstić information content (AvgIpc) is 3.50. The van der Waals surface area contributed by atoms with Gasteiger partial charge in [0, 0.05) is 29.7 Å². The first kappa shape index (κ1) is 30.9. The van der Waals surface area contributed by atoms with Crippen LogP contribution in [0.15, 0.2) is 90.3 Å². The first-order chi connectivity index (χ1) is 21.1. The Bertz CT molecular complexity index is 1660. The van der Waals surface area contributed by atoms with Gasteiger partial charge in [-0.1, -0.05) is 68.1 Å². The van der Waals surface area contributed by atoms with Crippen LogP contribution in [-0.4, -0.2) is 44.6 Å². The Kier molecular flexibility index (Phi) is 9.38. The summed E-state index contributed by atoms with van der Waals surface area (Å²) in [7, 11) is 0. The summed E-state index contributed by atoms with van der Waals surface area (Å²) in [5, 5.41) is 7.92. The monoisotopic (exact) mass is 620 g/mol. The first-order valence-corrected chi connectivity index (χ1v) is 15.0. The second-order valence-corrected chi connectivity index (χ2v) is 11.4. The van der Waals surface area contributed by atoms with Gasteiger partial charge in [0.05, 0.1) is 5.69 Å². The van der Waals surface area contributed by atoms with Crippen molar-refractivity contribution in [3.05, 3.63) is 96.5 Å². The van der Waals surface area contributed by atoms with Crippen molar-refractivity contribution in [2.24, 2.45) is 4.99 Å². The van der Waals surface area contributed by atoms with E-state index in [9.17, 15) is 18.0 Å². The van der Waals surface area contributed by atoms with Gasteiger partial charge in [0.1, 0.15) is 12.1 Å². The smallest absolute Gasteiger partial charge is 0.406 e. The number of carbonyl (C=O) groups is 1. The average molecular weight is 621 g/mol. The van der Waals surface area contributed by atoms with Gasteiger partial charge in [-0.05, 0) is 66.3 Å². The lowest BCUT2D eigenvalue weighted by molar-refractivity contribution is -0.274. The molecule has 1 saturated heterocycles. The highest BCUT2D eigenvalue weighted by molar-refractivity contribution is 8.14. The second-order valence-electron chi connectivity index (χ2n) is 10.4. The van der Waals surface area contributed by atoms with Crippen molar-refractivity contribution < 1.29 is 22.7 Å². The lowest BCUT2D eigenvalue weighted by Crippen LogP contribution is -2.36. The third kappa shape index (κ3) is 7.67. The van der Waals surface area contributed by atoms with E-state index in [4.69, 9.17) is 0 Å². The third-order valence-electron chi connectivity index (χ3n) is 6.87. The van der Waals surface area contributed by atoms with Crippen LogP contribution in [0.5, 0.6) is 5.75 Å². The van der Waals surface area contributed by atoms with Gasteiger partial charge in [0.2, 0.25) is 0 Å². The molecule has 0 bridgehead atoms. The summed E-state index contributed by atoms with van der Waals surface area (Å²) in [5.74, 6) is 1.39. The standard InChI is InChI=1S/C32H31F3N6O2S/c1-21(2)27-7-4-5-8-28(27)40-17-6-18-44-31(40)38-30(42)36-19-22(3)23-9-11-24(12-10-23)29-37-20-41(39-29)25-13-15-26(16-14-25)43-32(33,34)35/h4-5,7-16,19-21H,6,17-18H2,1-3H3,(H,36,42)/b22-19+,38-31-. The summed E-state index contributed by atoms with van der Waals surface area (Å²) in [6.45, 7) is 7.01. The maximum Gasteiger partial charge on any atom is 0.573 e. The maximum absolute atomic E-state index is 12.8. The molecular weight excluding hydrogens is 589 g/mol. The van der Waals surface area contributed by atoms with E-state index in [0.717, 1.165) is 41.1 Å². The third-order valence-corrected chi connectivity index (χ3v) is 7.93. The molecule has 12 heteroatoms.